The molecule has 0 aromatic heterocycles. The lowest BCUT2D eigenvalue weighted by atomic mass is 10.1. The van der Waals surface area contributed by atoms with E-state index in [4.69, 9.17) is 9.47 Å². The molecule has 0 aliphatic carbocycles. The molecule has 0 amide bonds. The molecule has 0 radical (unpaired) electrons. The lowest BCUT2D eigenvalue weighted by molar-refractivity contribution is 0.101. The lowest BCUT2D eigenvalue weighted by Crippen LogP contribution is -1.92. The highest BCUT2D eigenvalue weighted by molar-refractivity contribution is 9.10. The third kappa shape index (κ3) is 3.33. The van der Waals surface area contributed by atoms with E-state index in [1.165, 1.54) is 11.1 Å². The number of halogens is 1. The summed E-state index contributed by atoms with van der Waals surface area (Å²) in [7, 11) is 0. The second-order valence-electron chi connectivity index (χ2n) is 5.33. The van der Waals surface area contributed by atoms with Crippen molar-refractivity contribution in [3.8, 4) is 11.5 Å². The van der Waals surface area contributed by atoms with Gasteiger partial charge in [0.2, 0.25) is 0 Å². The SMILES string of the molecule is Brc1ccc2c(c1)OCC2.CC(=O)c1ccc2c(c1)OCC2. The molecule has 0 saturated heterocycles. The number of Topliss-reactive ketones (excluding diaryl/α,β-unsaturated/α-hetero) is 1. The smallest absolute Gasteiger partial charge is 0.159 e. The average molecular weight is 361 g/mol. The van der Waals surface area contributed by atoms with Crippen LogP contribution < -0.4 is 9.47 Å². The zero-order chi connectivity index (χ0) is 15.5. The third-order valence-electron chi connectivity index (χ3n) is 3.76. The minimum Gasteiger partial charge on any atom is -0.493 e. The molecule has 2 aliphatic heterocycles. The third-order valence-corrected chi connectivity index (χ3v) is 4.25. The van der Waals surface area contributed by atoms with E-state index in [9.17, 15) is 4.79 Å². The molecular formula is C18H17BrO3. The van der Waals surface area contributed by atoms with Crippen molar-refractivity contribution in [2.75, 3.05) is 13.2 Å². The predicted octanol–water partition coefficient (Wildman–Crippen LogP) is 4.21. The fourth-order valence-corrected chi connectivity index (χ4v) is 2.87. The Balaban J connectivity index is 0.000000133. The van der Waals surface area contributed by atoms with Gasteiger partial charge in [-0.1, -0.05) is 34.1 Å². The topological polar surface area (TPSA) is 35.5 Å². The van der Waals surface area contributed by atoms with E-state index in [2.05, 4.69) is 22.0 Å². The number of benzene rings is 2. The molecule has 2 heterocycles. The van der Waals surface area contributed by atoms with Gasteiger partial charge in [0.15, 0.2) is 5.78 Å². The number of fused-ring (bicyclic) bond motifs is 2. The summed E-state index contributed by atoms with van der Waals surface area (Å²) in [5.41, 5.74) is 3.26. The molecule has 0 atom stereocenters. The minimum atomic E-state index is 0.0910. The molecule has 2 aromatic rings. The predicted molar refractivity (Wildman–Crippen MR) is 89.0 cm³/mol. The molecule has 0 fully saturated rings. The summed E-state index contributed by atoms with van der Waals surface area (Å²) in [6.07, 6.45) is 2.02. The lowest BCUT2D eigenvalue weighted by Gasteiger charge is -2.00. The van der Waals surface area contributed by atoms with Gasteiger partial charge in [0, 0.05) is 22.9 Å². The Morgan fingerprint density at radius 3 is 2.18 bits per heavy atom. The highest BCUT2D eigenvalue weighted by Gasteiger charge is 2.13. The van der Waals surface area contributed by atoms with Gasteiger partial charge < -0.3 is 9.47 Å². The molecule has 4 heteroatoms. The van der Waals surface area contributed by atoms with Crippen LogP contribution >= 0.6 is 15.9 Å². The molecular weight excluding hydrogens is 344 g/mol. The molecule has 0 bridgehead atoms. The van der Waals surface area contributed by atoms with Gasteiger partial charge in [-0.2, -0.15) is 0 Å². The van der Waals surface area contributed by atoms with Crippen LogP contribution in [-0.4, -0.2) is 19.0 Å². The Bertz CT molecular complexity index is 709. The first kappa shape index (κ1) is 15.1. The quantitative estimate of drug-likeness (QED) is 0.714. The van der Waals surface area contributed by atoms with Crippen LogP contribution in [-0.2, 0) is 12.8 Å². The second kappa shape index (κ2) is 6.53. The Labute approximate surface area is 138 Å². The van der Waals surface area contributed by atoms with Crippen LogP contribution in [0.3, 0.4) is 0 Å². The van der Waals surface area contributed by atoms with Crippen LogP contribution in [0.4, 0.5) is 0 Å². The van der Waals surface area contributed by atoms with E-state index < -0.39 is 0 Å². The number of rotatable bonds is 1. The van der Waals surface area contributed by atoms with Crippen LogP contribution in [0.2, 0.25) is 0 Å². The molecule has 0 unspecified atom stereocenters. The summed E-state index contributed by atoms with van der Waals surface area (Å²) in [4.78, 5) is 11.0. The zero-order valence-electron chi connectivity index (χ0n) is 12.4. The van der Waals surface area contributed by atoms with Gasteiger partial charge in [-0.25, -0.2) is 0 Å². The Hall–Kier alpha value is -1.81. The van der Waals surface area contributed by atoms with Crippen LogP contribution in [0.5, 0.6) is 11.5 Å². The molecule has 0 saturated carbocycles. The van der Waals surface area contributed by atoms with Crippen LogP contribution in [0.1, 0.15) is 28.4 Å². The summed E-state index contributed by atoms with van der Waals surface area (Å²) in [6.45, 7) is 3.15. The average Bonchev–Trinajstić information content (AvgIpc) is 3.14. The van der Waals surface area contributed by atoms with Crippen molar-refractivity contribution in [2.45, 2.75) is 19.8 Å². The maximum Gasteiger partial charge on any atom is 0.159 e. The largest absolute Gasteiger partial charge is 0.493 e. The Morgan fingerprint density at radius 2 is 1.55 bits per heavy atom. The maximum absolute atomic E-state index is 11.0. The fraction of sp³-hybridized carbons (Fsp3) is 0.278. The number of hydrogen-bond acceptors (Lipinski definition) is 3. The standard InChI is InChI=1S/C10H10O2.C8H7BrO/c1-7(11)9-3-2-8-4-5-12-10(8)6-9;9-7-2-1-6-3-4-10-8(6)5-7/h2-3,6H,4-5H2,1H3;1-2,5H,3-4H2. The first-order valence-electron chi connectivity index (χ1n) is 7.31. The minimum absolute atomic E-state index is 0.0910. The van der Waals surface area contributed by atoms with Gasteiger partial charge in [0.25, 0.3) is 0 Å². The first-order valence-corrected chi connectivity index (χ1v) is 8.10. The van der Waals surface area contributed by atoms with E-state index in [0.717, 1.165) is 47.6 Å². The van der Waals surface area contributed by atoms with Gasteiger partial charge in [-0.05, 0) is 36.2 Å². The number of carbonyl (C=O) groups is 1. The van der Waals surface area contributed by atoms with E-state index in [1.54, 1.807) is 6.92 Å². The summed E-state index contributed by atoms with van der Waals surface area (Å²) < 4.78 is 11.8. The monoisotopic (exact) mass is 360 g/mol. The zero-order valence-corrected chi connectivity index (χ0v) is 14.0. The van der Waals surface area contributed by atoms with Gasteiger partial charge in [-0.15, -0.1) is 0 Å². The summed E-state index contributed by atoms with van der Waals surface area (Å²) >= 11 is 3.38. The molecule has 0 N–H and O–H groups in total. The van der Waals surface area contributed by atoms with Crippen molar-refractivity contribution in [1.82, 2.24) is 0 Å². The normalized spacial score (nSPS) is 14.1. The van der Waals surface area contributed by atoms with Crippen molar-refractivity contribution in [1.29, 1.82) is 0 Å². The summed E-state index contributed by atoms with van der Waals surface area (Å²) in [5, 5.41) is 0. The maximum atomic E-state index is 11.0. The van der Waals surface area contributed by atoms with Crippen molar-refractivity contribution in [2.24, 2.45) is 0 Å². The van der Waals surface area contributed by atoms with E-state index in [-0.39, 0.29) is 5.78 Å². The summed E-state index contributed by atoms with van der Waals surface area (Å²) in [6, 6.07) is 11.8. The number of ether oxygens (including phenoxy) is 2. The van der Waals surface area contributed by atoms with Crippen molar-refractivity contribution in [3.05, 3.63) is 57.6 Å². The molecule has 2 aromatic carbocycles. The first-order chi connectivity index (χ1) is 10.6. The van der Waals surface area contributed by atoms with E-state index in [0.29, 0.717) is 0 Å². The number of carbonyl (C=O) groups excluding carboxylic acids is 1. The van der Waals surface area contributed by atoms with Gasteiger partial charge in [-0.3, -0.25) is 4.79 Å². The molecule has 114 valence electrons. The number of hydrogen-bond donors (Lipinski definition) is 0. The highest BCUT2D eigenvalue weighted by Crippen LogP contribution is 2.28. The van der Waals surface area contributed by atoms with Gasteiger partial charge in [0.05, 0.1) is 13.2 Å². The van der Waals surface area contributed by atoms with Crippen molar-refractivity contribution >= 4 is 21.7 Å². The molecule has 2 aliphatic rings. The van der Waals surface area contributed by atoms with Crippen molar-refractivity contribution < 1.29 is 14.3 Å². The van der Waals surface area contributed by atoms with Crippen molar-refractivity contribution in [3.63, 3.8) is 0 Å². The van der Waals surface area contributed by atoms with Crippen LogP contribution in [0, 0.1) is 0 Å². The molecule has 3 nitrogen and oxygen atoms in total. The summed E-state index contributed by atoms with van der Waals surface area (Å²) in [5.74, 6) is 2.00. The highest BCUT2D eigenvalue weighted by atomic mass is 79.9. The Kier molecular flexibility index (Phi) is 4.48. The van der Waals surface area contributed by atoms with E-state index in [1.807, 2.05) is 30.3 Å². The second-order valence-corrected chi connectivity index (χ2v) is 6.24. The van der Waals surface area contributed by atoms with E-state index >= 15 is 0 Å². The van der Waals surface area contributed by atoms with Crippen LogP contribution in [0.15, 0.2) is 40.9 Å². The van der Waals surface area contributed by atoms with Gasteiger partial charge >= 0.3 is 0 Å². The molecule has 4 rings (SSSR count). The fourth-order valence-electron chi connectivity index (χ4n) is 2.53. The molecule has 22 heavy (non-hydrogen) atoms. The molecule has 0 spiro atoms. The number of ketones is 1. The van der Waals surface area contributed by atoms with Crippen LogP contribution in [0.25, 0.3) is 0 Å². The Morgan fingerprint density at radius 1 is 0.955 bits per heavy atom. The van der Waals surface area contributed by atoms with Gasteiger partial charge in [0.1, 0.15) is 11.5 Å².